The first-order valence-electron chi connectivity index (χ1n) is 8.89. The number of carbonyl (C=O) groups excluding carboxylic acids is 1. The summed E-state index contributed by atoms with van der Waals surface area (Å²) in [6.07, 6.45) is 5.29. The number of rotatable bonds is 4. The van der Waals surface area contributed by atoms with Gasteiger partial charge in [-0.1, -0.05) is 29.8 Å². The van der Waals surface area contributed by atoms with E-state index in [2.05, 4.69) is 52.3 Å². The predicted molar refractivity (Wildman–Crippen MR) is 102 cm³/mol. The molecule has 1 aliphatic rings. The second-order valence-corrected chi connectivity index (χ2v) is 7.10. The Morgan fingerprint density at radius 2 is 1.93 bits per heavy atom. The third kappa shape index (κ3) is 3.53. The number of anilines is 1. The summed E-state index contributed by atoms with van der Waals surface area (Å²) in [5.74, 6) is 0.551. The zero-order chi connectivity index (χ0) is 19.0. The van der Waals surface area contributed by atoms with Gasteiger partial charge in [0.1, 0.15) is 11.5 Å². The Hall–Kier alpha value is -3.22. The van der Waals surface area contributed by atoms with Crippen LogP contribution in [0.2, 0.25) is 0 Å². The molecule has 0 bridgehead atoms. The van der Waals surface area contributed by atoms with E-state index in [1.54, 1.807) is 20.3 Å². The number of benzene rings is 1. The SMILES string of the molecule is Cc1ccc(Cn2cc3c(n2)CN(c2cncc(C(=O)N(C)C)n2)C3)cc1. The predicted octanol–water partition coefficient (Wildman–Crippen LogP) is 2.25. The second kappa shape index (κ2) is 6.83. The highest BCUT2D eigenvalue weighted by Crippen LogP contribution is 2.26. The molecule has 0 saturated carbocycles. The zero-order valence-electron chi connectivity index (χ0n) is 15.8. The van der Waals surface area contributed by atoms with Crippen LogP contribution < -0.4 is 4.90 Å². The van der Waals surface area contributed by atoms with Gasteiger partial charge in [0.15, 0.2) is 0 Å². The first-order valence-corrected chi connectivity index (χ1v) is 8.89. The molecule has 7 heteroatoms. The molecule has 1 aliphatic heterocycles. The van der Waals surface area contributed by atoms with Crippen molar-refractivity contribution < 1.29 is 4.79 Å². The summed E-state index contributed by atoms with van der Waals surface area (Å²) in [5.41, 5.74) is 5.08. The number of carbonyl (C=O) groups is 1. The number of hydrogen-bond donors (Lipinski definition) is 0. The second-order valence-electron chi connectivity index (χ2n) is 7.10. The quantitative estimate of drug-likeness (QED) is 0.712. The van der Waals surface area contributed by atoms with Gasteiger partial charge in [0, 0.05) is 32.4 Å². The van der Waals surface area contributed by atoms with Crippen molar-refractivity contribution in [1.29, 1.82) is 0 Å². The molecule has 3 heterocycles. The van der Waals surface area contributed by atoms with Gasteiger partial charge >= 0.3 is 0 Å². The fourth-order valence-electron chi connectivity index (χ4n) is 3.17. The summed E-state index contributed by atoms with van der Waals surface area (Å²) in [4.78, 5) is 24.4. The van der Waals surface area contributed by atoms with Crippen LogP contribution in [-0.4, -0.2) is 44.7 Å². The molecule has 1 amide bonds. The van der Waals surface area contributed by atoms with Crippen molar-refractivity contribution in [3.63, 3.8) is 0 Å². The Labute approximate surface area is 158 Å². The van der Waals surface area contributed by atoms with Crippen LogP contribution >= 0.6 is 0 Å². The lowest BCUT2D eigenvalue weighted by Gasteiger charge is -2.17. The molecule has 0 atom stereocenters. The van der Waals surface area contributed by atoms with E-state index >= 15 is 0 Å². The number of fused-ring (bicyclic) bond motifs is 1. The van der Waals surface area contributed by atoms with Crippen LogP contribution in [0.15, 0.2) is 42.9 Å². The first kappa shape index (κ1) is 17.2. The van der Waals surface area contributed by atoms with E-state index < -0.39 is 0 Å². The van der Waals surface area contributed by atoms with Gasteiger partial charge < -0.3 is 9.80 Å². The largest absolute Gasteiger partial charge is 0.345 e. The topological polar surface area (TPSA) is 67.2 Å². The van der Waals surface area contributed by atoms with E-state index in [1.165, 1.54) is 27.8 Å². The fraction of sp³-hybridized carbons (Fsp3) is 0.300. The minimum absolute atomic E-state index is 0.149. The Bertz CT molecular complexity index is 953. The minimum Gasteiger partial charge on any atom is -0.345 e. The zero-order valence-corrected chi connectivity index (χ0v) is 15.8. The van der Waals surface area contributed by atoms with Gasteiger partial charge in [-0.2, -0.15) is 5.10 Å². The molecule has 0 radical (unpaired) electrons. The maximum absolute atomic E-state index is 12.1. The highest BCUT2D eigenvalue weighted by molar-refractivity contribution is 5.91. The maximum Gasteiger partial charge on any atom is 0.273 e. The summed E-state index contributed by atoms with van der Waals surface area (Å²) >= 11 is 0. The molecule has 0 fully saturated rings. The molecule has 7 nitrogen and oxygen atoms in total. The monoisotopic (exact) mass is 362 g/mol. The molecule has 4 rings (SSSR count). The van der Waals surface area contributed by atoms with Crippen molar-refractivity contribution in [1.82, 2.24) is 24.6 Å². The lowest BCUT2D eigenvalue weighted by molar-refractivity contribution is 0.0821. The summed E-state index contributed by atoms with van der Waals surface area (Å²) < 4.78 is 1.99. The van der Waals surface area contributed by atoms with Crippen molar-refractivity contribution in [3.8, 4) is 0 Å². The summed E-state index contributed by atoms with van der Waals surface area (Å²) in [5, 5.41) is 4.72. The van der Waals surface area contributed by atoms with Crippen LogP contribution in [0.4, 0.5) is 5.82 Å². The molecule has 0 N–H and O–H groups in total. The number of aromatic nitrogens is 4. The molecule has 138 valence electrons. The van der Waals surface area contributed by atoms with Gasteiger partial charge in [0.2, 0.25) is 0 Å². The van der Waals surface area contributed by atoms with E-state index in [4.69, 9.17) is 5.10 Å². The normalized spacial score (nSPS) is 12.9. The average Bonchev–Trinajstić information content (AvgIpc) is 3.21. The van der Waals surface area contributed by atoms with Gasteiger partial charge in [0.05, 0.1) is 31.2 Å². The van der Waals surface area contributed by atoms with Crippen LogP contribution in [0.3, 0.4) is 0 Å². The van der Waals surface area contributed by atoms with E-state index in [9.17, 15) is 4.79 Å². The molecule has 0 saturated heterocycles. The van der Waals surface area contributed by atoms with E-state index in [-0.39, 0.29) is 5.91 Å². The van der Waals surface area contributed by atoms with Crippen LogP contribution in [0.5, 0.6) is 0 Å². The van der Waals surface area contributed by atoms with Crippen LogP contribution in [-0.2, 0) is 19.6 Å². The van der Waals surface area contributed by atoms with E-state index in [0.717, 1.165) is 18.8 Å². The summed E-state index contributed by atoms with van der Waals surface area (Å²) in [6, 6.07) is 8.51. The third-order valence-electron chi connectivity index (χ3n) is 4.66. The van der Waals surface area contributed by atoms with Crippen LogP contribution in [0, 0.1) is 6.92 Å². The van der Waals surface area contributed by atoms with Crippen molar-refractivity contribution in [2.45, 2.75) is 26.6 Å². The highest BCUT2D eigenvalue weighted by Gasteiger charge is 2.24. The van der Waals surface area contributed by atoms with Crippen LogP contribution in [0.25, 0.3) is 0 Å². The van der Waals surface area contributed by atoms with Crippen molar-refractivity contribution in [2.75, 3.05) is 19.0 Å². The van der Waals surface area contributed by atoms with Crippen molar-refractivity contribution in [3.05, 3.63) is 70.9 Å². The number of nitrogens with zero attached hydrogens (tertiary/aromatic N) is 6. The van der Waals surface area contributed by atoms with Gasteiger partial charge in [-0.15, -0.1) is 0 Å². The fourth-order valence-corrected chi connectivity index (χ4v) is 3.17. The minimum atomic E-state index is -0.149. The smallest absolute Gasteiger partial charge is 0.273 e. The first-order chi connectivity index (χ1) is 13.0. The van der Waals surface area contributed by atoms with E-state index in [1.807, 2.05) is 4.68 Å². The third-order valence-corrected chi connectivity index (χ3v) is 4.66. The molecule has 0 unspecified atom stereocenters. The molecule has 27 heavy (non-hydrogen) atoms. The van der Waals surface area contributed by atoms with Gasteiger partial charge in [-0.3, -0.25) is 14.5 Å². The Morgan fingerprint density at radius 1 is 1.15 bits per heavy atom. The average molecular weight is 362 g/mol. The number of amides is 1. The van der Waals surface area contributed by atoms with Gasteiger partial charge in [-0.05, 0) is 12.5 Å². The molecular weight excluding hydrogens is 340 g/mol. The summed E-state index contributed by atoms with van der Waals surface area (Å²) in [6.45, 7) is 4.24. The Kier molecular flexibility index (Phi) is 4.35. The molecule has 0 spiro atoms. The maximum atomic E-state index is 12.1. The number of hydrogen-bond acceptors (Lipinski definition) is 5. The Morgan fingerprint density at radius 3 is 2.63 bits per heavy atom. The molecule has 0 aliphatic carbocycles. The molecule has 2 aromatic heterocycles. The van der Waals surface area contributed by atoms with Crippen molar-refractivity contribution >= 4 is 11.7 Å². The molecular formula is C20H22N6O. The number of aryl methyl sites for hydroxylation is 1. The molecule has 3 aromatic rings. The van der Waals surface area contributed by atoms with Crippen molar-refractivity contribution in [2.24, 2.45) is 0 Å². The van der Waals surface area contributed by atoms with Gasteiger partial charge in [-0.25, -0.2) is 4.98 Å². The van der Waals surface area contributed by atoms with E-state index in [0.29, 0.717) is 18.1 Å². The van der Waals surface area contributed by atoms with Crippen LogP contribution in [0.1, 0.15) is 32.9 Å². The highest BCUT2D eigenvalue weighted by atomic mass is 16.2. The van der Waals surface area contributed by atoms with Gasteiger partial charge in [0.25, 0.3) is 5.91 Å². The Balaban J connectivity index is 1.47. The lowest BCUT2D eigenvalue weighted by atomic mass is 10.1. The standard InChI is InChI=1S/C20H22N6O/c1-14-4-6-15(7-5-14)10-26-12-16-11-25(13-18(16)23-26)19-9-21-8-17(22-19)20(27)24(2)3/h4-9,12H,10-11,13H2,1-3H3. The lowest BCUT2D eigenvalue weighted by Crippen LogP contribution is -2.24. The molecule has 1 aromatic carbocycles. The summed E-state index contributed by atoms with van der Waals surface area (Å²) in [7, 11) is 3.41.